The van der Waals surface area contributed by atoms with Crippen molar-refractivity contribution in [2.45, 2.75) is 43.6 Å². The maximum absolute atomic E-state index is 13.7. The molecular formula is C37H34N2O5S. The Morgan fingerprint density at radius 2 is 1.40 bits per heavy atom. The first kappa shape index (κ1) is 30.2. The van der Waals surface area contributed by atoms with Crippen molar-refractivity contribution in [3.8, 4) is 11.5 Å². The largest absolute Gasteiger partial charge is 0.491 e. The molecule has 0 spiro atoms. The first-order valence-electron chi connectivity index (χ1n) is 14.8. The average Bonchev–Trinajstić information content (AvgIpc) is 3.46. The number of pyridine rings is 1. The van der Waals surface area contributed by atoms with E-state index in [1.54, 1.807) is 17.3 Å². The minimum absolute atomic E-state index is 0.240. The highest BCUT2D eigenvalue weighted by molar-refractivity contribution is 8.14. The lowest BCUT2D eigenvalue weighted by Crippen LogP contribution is -2.32. The van der Waals surface area contributed by atoms with E-state index in [1.807, 2.05) is 128 Å². The third-order valence-electron chi connectivity index (χ3n) is 7.57. The van der Waals surface area contributed by atoms with E-state index in [0.29, 0.717) is 29.3 Å². The molecule has 0 aliphatic carbocycles. The van der Waals surface area contributed by atoms with Crippen molar-refractivity contribution >= 4 is 28.4 Å². The molecule has 7 nitrogen and oxygen atoms in total. The highest BCUT2D eigenvalue weighted by Crippen LogP contribution is 2.35. The zero-order chi connectivity index (χ0) is 31.2. The van der Waals surface area contributed by atoms with Gasteiger partial charge in [0.1, 0.15) is 36.5 Å². The minimum atomic E-state index is -0.429. The van der Waals surface area contributed by atoms with Gasteiger partial charge in [0.05, 0.1) is 4.90 Å². The van der Waals surface area contributed by atoms with Crippen molar-refractivity contribution in [1.29, 1.82) is 0 Å². The fourth-order valence-electron chi connectivity index (χ4n) is 5.15. The Morgan fingerprint density at radius 1 is 0.822 bits per heavy atom. The van der Waals surface area contributed by atoms with Crippen LogP contribution in [0.5, 0.6) is 11.5 Å². The summed E-state index contributed by atoms with van der Waals surface area (Å²) in [6.45, 7) is 4.36. The fourth-order valence-corrected chi connectivity index (χ4v) is 5.98. The Kier molecular flexibility index (Phi) is 9.33. The van der Waals surface area contributed by atoms with Gasteiger partial charge in [0.25, 0.3) is 5.24 Å². The molecule has 0 bridgehead atoms. The number of rotatable bonds is 9. The zero-order valence-corrected chi connectivity index (χ0v) is 25.9. The van der Waals surface area contributed by atoms with Crippen LogP contribution in [0.25, 0.3) is 0 Å². The van der Waals surface area contributed by atoms with Crippen LogP contribution in [0.3, 0.4) is 0 Å². The molecule has 1 fully saturated rings. The second kappa shape index (κ2) is 13.9. The molecule has 5 aromatic rings. The Labute approximate surface area is 267 Å². The van der Waals surface area contributed by atoms with Gasteiger partial charge in [0, 0.05) is 36.3 Å². The summed E-state index contributed by atoms with van der Waals surface area (Å²) in [5.41, 5.74) is 3.48. The number of nitrogens with zero attached hydrogens (tertiary/aromatic N) is 2. The maximum atomic E-state index is 13.7. The van der Waals surface area contributed by atoms with E-state index in [9.17, 15) is 9.59 Å². The van der Waals surface area contributed by atoms with Crippen LogP contribution >= 0.6 is 11.8 Å². The number of benzene rings is 4. The summed E-state index contributed by atoms with van der Waals surface area (Å²) in [6, 6.07) is 36.1. The summed E-state index contributed by atoms with van der Waals surface area (Å²) in [6.07, 6.45) is 2.81. The van der Waals surface area contributed by atoms with Crippen molar-refractivity contribution in [2.24, 2.45) is 0 Å². The maximum Gasteiger partial charge on any atom is 0.295 e. The minimum Gasteiger partial charge on any atom is -0.491 e. The molecule has 0 N–H and O–H groups in total. The predicted molar refractivity (Wildman–Crippen MR) is 178 cm³/mol. The number of hydrogen-bond acceptors (Lipinski definition) is 6. The first-order chi connectivity index (χ1) is 21.9. The fraction of sp³-hybridized carbons (Fsp3) is 0.189. The average molecular weight is 619 g/mol. The van der Waals surface area contributed by atoms with Crippen LogP contribution < -0.4 is 19.8 Å². The molecule has 228 valence electrons. The predicted octanol–water partition coefficient (Wildman–Crippen LogP) is 8.33. The highest BCUT2D eigenvalue weighted by Gasteiger charge is 2.38. The number of anilines is 2. The topological polar surface area (TPSA) is 70.0 Å². The lowest BCUT2D eigenvalue weighted by molar-refractivity contribution is -0.0358. The second-order valence-corrected chi connectivity index (χ2v) is 11.9. The summed E-state index contributed by atoms with van der Waals surface area (Å²) < 4.78 is 20.8. The molecule has 6 rings (SSSR count). The Morgan fingerprint density at radius 3 is 2.00 bits per heavy atom. The van der Waals surface area contributed by atoms with E-state index >= 15 is 0 Å². The summed E-state index contributed by atoms with van der Waals surface area (Å²) in [5.74, 6) is 1.50. The number of hydrogen-bond donors (Lipinski definition) is 0. The SMILES string of the molecule is Cc1ccc(OC[C@H]2O[C@@H](n3ccc(=O)c(SC(=O)N(c4ccccc4)c4ccccc4)c3)C[C@@H]2Oc2ccc(C)cc2)cc1. The number of thioether (sulfide) groups is 1. The van der Waals surface area contributed by atoms with E-state index in [1.165, 1.54) is 6.07 Å². The molecule has 8 heteroatoms. The summed E-state index contributed by atoms with van der Waals surface area (Å²) in [7, 11) is 0. The lowest BCUT2D eigenvalue weighted by Gasteiger charge is -2.22. The molecule has 2 heterocycles. The third-order valence-corrected chi connectivity index (χ3v) is 8.46. The first-order valence-corrected chi connectivity index (χ1v) is 15.7. The van der Waals surface area contributed by atoms with Crippen LogP contribution in [0.15, 0.2) is 137 Å². The van der Waals surface area contributed by atoms with Gasteiger partial charge in [-0.1, -0.05) is 71.8 Å². The molecule has 3 atom stereocenters. The monoisotopic (exact) mass is 618 g/mol. The summed E-state index contributed by atoms with van der Waals surface area (Å²) in [4.78, 5) is 28.7. The molecule has 0 unspecified atom stereocenters. The molecule has 1 aliphatic heterocycles. The number of ether oxygens (including phenoxy) is 3. The number of para-hydroxylation sites is 2. The number of amides is 1. The Hall–Kier alpha value is -4.79. The van der Waals surface area contributed by atoms with Crippen LogP contribution in [0.1, 0.15) is 23.8 Å². The van der Waals surface area contributed by atoms with Gasteiger partial charge in [-0.2, -0.15) is 0 Å². The van der Waals surface area contributed by atoms with Crippen LogP contribution in [0, 0.1) is 13.8 Å². The van der Waals surface area contributed by atoms with Crippen molar-refractivity contribution in [1.82, 2.24) is 4.57 Å². The van der Waals surface area contributed by atoms with Crippen molar-refractivity contribution in [3.05, 3.63) is 149 Å². The quantitative estimate of drug-likeness (QED) is 0.155. The van der Waals surface area contributed by atoms with E-state index < -0.39 is 6.23 Å². The molecule has 1 aromatic heterocycles. The Balaban J connectivity index is 1.23. The van der Waals surface area contributed by atoms with E-state index in [2.05, 4.69) is 0 Å². The van der Waals surface area contributed by atoms with Crippen LogP contribution in [0.2, 0.25) is 0 Å². The number of aromatic nitrogens is 1. The highest BCUT2D eigenvalue weighted by atomic mass is 32.2. The van der Waals surface area contributed by atoms with Crippen molar-refractivity contribution in [2.75, 3.05) is 11.5 Å². The van der Waals surface area contributed by atoms with Gasteiger partial charge in [-0.05, 0) is 74.1 Å². The van der Waals surface area contributed by atoms with Gasteiger partial charge in [-0.25, -0.2) is 0 Å². The van der Waals surface area contributed by atoms with Gasteiger partial charge in [-0.3, -0.25) is 14.5 Å². The normalized spacial score (nSPS) is 17.5. The molecule has 0 saturated carbocycles. The summed E-state index contributed by atoms with van der Waals surface area (Å²) in [5, 5.41) is -0.292. The zero-order valence-electron chi connectivity index (χ0n) is 25.1. The van der Waals surface area contributed by atoms with E-state index in [-0.39, 0.29) is 22.9 Å². The molecule has 4 aromatic carbocycles. The number of carbonyl (C=O) groups excluding carboxylic acids is 1. The molecular weight excluding hydrogens is 584 g/mol. The molecule has 1 saturated heterocycles. The van der Waals surface area contributed by atoms with Gasteiger partial charge in [-0.15, -0.1) is 0 Å². The Bertz CT molecular complexity index is 1740. The van der Waals surface area contributed by atoms with Gasteiger partial charge >= 0.3 is 0 Å². The summed E-state index contributed by atoms with van der Waals surface area (Å²) >= 11 is 0.897. The van der Waals surface area contributed by atoms with E-state index in [0.717, 1.165) is 34.4 Å². The molecule has 1 amide bonds. The lowest BCUT2D eigenvalue weighted by atomic mass is 10.1. The third kappa shape index (κ3) is 7.48. The van der Waals surface area contributed by atoms with Crippen LogP contribution in [-0.4, -0.2) is 28.6 Å². The van der Waals surface area contributed by atoms with Crippen molar-refractivity contribution in [3.63, 3.8) is 0 Å². The molecule has 45 heavy (non-hydrogen) atoms. The number of carbonyl (C=O) groups is 1. The standard InChI is InChI=1S/C37H34N2O5S/c1-26-13-17-30(18-14-26)42-25-34-33(43-31-19-15-27(2)16-20-31)23-36(44-34)38-22-21-32(40)35(24-38)45-37(41)39(28-9-5-3-6-10-28)29-11-7-4-8-12-29/h3-22,24,33-34,36H,23,25H2,1-2H3/t33-,34+,36+/m0/s1. The van der Waals surface area contributed by atoms with Crippen LogP contribution in [-0.2, 0) is 4.74 Å². The number of aryl methyl sites for hydroxylation is 2. The van der Waals surface area contributed by atoms with Gasteiger partial charge in [0.15, 0.2) is 5.43 Å². The second-order valence-electron chi connectivity index (χ2n) is 11.0. The van der Waals surface area contributed by atoms with Crippen molar-refractivity contribution < 1.29 is 19.0 Å². The molecule has 1 aliphatic rings. The van der Waals surface area contributed by atoms with Crippen LogP contribution in [0.4, 0.5) is 16.2 Å². The van der Waals surface area contributed by atoms with Gasteiger partial charge in [0.2, 0.25) is 0 Å². The smallest absolute Gasteiger partial charge is 0.295 e. The van der Waals surface area contributed by atoms with E-state index in [4.69, 9.17) is 14.2 Å². The van der Waals surface area contributed by atoms with Gasteiger partial charge < -0.3 is 18.8 Å². The molecule has 0 radical (unpaired) electrons.